The van der Waals surface area contributed by atoms with Crippen molar-refractivity contribution in [3.05, 3.63) is 264 Å². The van der Waals surface area contributed by atoms with E-state index in [0.717, 1.165) is 29.9 Å². The van der Waals surface area contributed by atoms with Gasteiger partial charge in [-0.3, -0.25) is 0 Å². The molecule has 0 amide bonds. The molecule has 2 nitrogen and oxygen atoms in total. The van der Waals surface area contributed by atoms with Gasteiger partial charge in [0.1, 0.15) is 0 Å². The number of aromatic nitrogens is 1. The average molecular weight is 957 g/mol. The van der Waals surface area contributed by atoms with E-state index in [1.165, 1.54) is 113 Å². The summed E-state index contributed by atoms with van der Waals surface area (Å²) in [6.07, 6.45) is 4.66. The lowest BCUT2D eigenvalue weighted by molar-refractivity contribution is 0.544. The number of fused-ring (bicyclic) bond motifs is 4. The quantitative estimate of drug-likeness (QED) is 0.112. The van der Waals surface area contributed by atoms with E-state index in [4.69, 9.17) is 0 Å². The molecule has 0 radical (unpaired) electrons. The van der Waals surface area contributed by atoms with Gasteiger partial charge in [-0.25, -0.2) is 0 Å². The third-order valence-electron chi connectivity index (χ3n) is 16.0. The first-order valence-corrected chi connectivity index (χ1v) is 26.8. The molecule has 11 aromatic rings. The van der Waals surface area contributed by atoms with Crippen LogP contribution < -0.4 is 4.90 Å². The summed E-state index contributed by atoms with van der Waals surface area (Å²) in [5.41, 5.74) is 24.2. The van der Waals surface area contributed by atoms with E-state index in [1.54, 1.807) is 0 Å². The number of para-hydroxylation sites is 2. The van der Waals surface area contributed by atoms with E-state index < -0.39 is 0 Å². The Morgan fingerprint density at radius 1 is 0.419 bits per heavy atom. The number of aryl methyl sites for hydroxylation is 2. The summed E-state index contributed by atoms with van der Waals surface area (Å²) in [5, 5.41) is 2.50. The minimum absolute atomic E-state index is 0.0767. The molecule has 1 aliphatic carbocycles. The summed E-state index contributed by atoms with van der Waals surface area (Å²) >= 11 is 0. The van der Waals surface area contributed by atoms with Crippen molar-refractivity contribution in [2.45, 2.75) is 77.6 Å². The average Bonchev–Trinajstić information content (AvgIpc) is 3.77. The fourth-order valence-electron chi connectivity index (χ4n) is 11.5. The molecular weight excluding hydrogens is 893 g/mol. The van der Waals surface area contributed by atoms with Gasteiger partial charge in [0.2, 0.25) is 0 Å². The van der Waals surface area contributed by atoms with Crippen molar-refractivity contribution >= 4 is 38.9 Å². The Morgan fingerprint density at radius 2 is 0.838 bits per heavy atom. The SMILES string of the molecule is CCC(CC(C)c1ccc(-c2ccc3c(c2)c2cc(-c4ccc(N(c5ccccc5)c5ccccc5)cc4)ccc2n3-c2ccc(C(C)(C)C)cc2)cc1)c1ccc(-c2ccc(-c3ccc4c(c3)CC4)cc2)cc1. The molecule has 74 heavy (non-hydrogen) atoms. The van der Waals surface area contributed by atoms with Gasteiger partial charge in [-0.1, -0.05) is 198 Å². The summed E-state index contributed by atoms with van der Waals surface area (Å²) < 4.78 is 2.44. The number of rotatable bonds is 13. The molecule has 2 unspecified atom stereocenters. The van der Waals surface area contributed by atoms with Crippen LogP contribution in [0.5, 0.6) is 0 Å². The fourth-order valence-corrected chi connectivity index (χ4v) is 11.5. The summed E-state index contributed by atoms with van der Waals surface area (Å²) in [6.45, 7) is 11.6. The zero-order chi connectivity index (χ0) is 50.3. The highest BCUT2D eigenvalue weighted by Gasteiger charge is 2.20. The van der Waals surface area contributed by atoms with Crippen molar-refractivity contribution < 1.29 is 0 Å². The highest BCUT2D eigenvalue weighted by molar-refractivity contribution is 6.11. The van der Waals surface area contributed by atoms with Gasteiger partial charge in [0, 0.05) is 33.5 Å². The molecule has 362 valence electrons. The molecule has 0 saturated carbocycles. The second-order valence-corrected chi connectivity index (χ2v) is 21.7. The monoisotopic (exact) mass is 957 g/mol. The molecule has 0 N–H and O–H groups in total. The second-order valence-electron chi connectivity index (χ2n) is 21.7. The molecule has 2 heteroatoms. The molecule has 0 aliphatic heterocycles. The van der Waals surface area contributed by atoms with Gasteiger partial charge in [-0.05, 0) is 188 Å². The summed E-state index contributed by atoms with van der Waals surface area (Å²) in [5.74, 6) is 0.913. The van der Waals surface area contributed by atoms with Gasteiger partial charge in [-0.15, -0.1) is 0 Å². The Labute approximate surface area is 438 Å². The molecule has 1 aliphatic rings. The van der Waals surface area contributed by atoms with Crippen molar-refractivity contribution in [3.63, 3.8) is 0 Å². The number of hydrogen-bond acceptors (Lipinski definition) is 1. The normalized spacial score (nSPS) is 13.1. The first-order chi connectivity index (χ1) is 36.1. The number of anilines is 3. The van der Waals surface area contributed by atoms with E-state index in [-0.39, 0.29) is 5.41 Å². The summed E-state index contributed by atoms with van der Waals surface area (Å²) in [7, 11) is 0. The van der Waals surface area contributed by atoms with Gasteiger partial charge < -0.3 is 9.47 Å². The highest BCUT2D eigenvalue weighted by atomic mass is 15.1. The Balaban J connectivity index is 0.811. The van der Waals surface area contributed by atoms with Gasteiger partial charge in [0.15, 0.2) is 0 Å². The Bertz CT molecular complexity index is 3690. The van der Waals surface area contributed by atoms with Gasteiger partial charge in [-0.2, -0.15) is 0 Å². The molecule has 10 aromatic carbocycles. The van der Waals surface area contributed by atoms with Crippen LogP contribution in [-0.4, -0.2) is 4.57 Å². The van der Waals surface area contributed by atoms with Gasteiger partial charge >= 0.3 is 0 Å². The van der Waals surface area contributed by atoms with E-state index >= 15 is 0 Å². The van der Waals surface area contributed by atoms with Crippen molar-refractivity contribution in [2.24, 2.45) is 0 Å². The minimum Gasteiger partial charge on any atom is -0.311 e. The van der Waals surface area contributed by atoms with E-state index in [1.807, 2.05) is 0 Å². The zero-order valence-electron chi connectivity index (χ0n) is 43.4. The van der Waals surface area contributed by atoms with E-state index in [0.29, 0.717) is 11.8 Å². The van der Waals surface area contributed by atoms with Crippen LogP contribution in [0.1, 0.15) is 87.1 Å². The maximum atomic E-state index is 2.44. The molecular formula is C72H64N2. The Hall–Kier alpha value is -8.20. The topological polar surface area (TPSA) is 8.17 Å². The lowest BCUT2D eigenvalue weighted by Crippen LogP contribution is -2.10. The highest BCUT2D eigenvalue weighted by Crippen LogP contribution is 2.41. The third kappa shape index (κ3) is 9.15. The van der Waals surface area contributed by atoms with Crippen LogP contribution in [0.2, 0.25) is 0 Å². The maximum absolute atomic E-state index is 2.44. The third-order valence-corrected chi connectivity index (χ3v) is 16.0. The predicted molar refractivity (Wildman–Crippen MR) is 316 cm³/mol. The molecule has 12 rings (SSSR count). The lowest BCUT2D eigenvalue weighted by Gasteiger charge is -2.25. The van der Waals surface area contributed by atoms with Crippen LogP contribution in [0.25, 0.3) is 72.0 Å². The van der Waals surface area contributed by atoms with E-state index in [2.05, 4.69) is 281 Å². The Kier molecular flexibility index (Phi) is 12.5. The summed E-state index contributed by atoms with van der Waals surface area (Å²) in [4.78, 5) is 2.32. The maximum Gasteiger partial charge on any atom is 0.0541 e. The van der Waals surface area contributed by atoms with Crippen LogP contribution in [0, 0.1) is 0 Å². The molecule has 0 fully saturated rings. The van der Waals surface area contributed by atoms with Crippen molar-refractivity contribution in [3.8, 4) is 50.2 Å². The lowest BCUT2D eigenvalue weighted by atomic mass is 9.84. The predicted octanol–water partition coefficient (Wildman–Crippen LogP) is 20.0. The van der Waals surface area contributed by atoms with Gasteiger partial charge in [0.25, 0.3) is 0 Å². The van der Waals surface area contributed by atoms with Crippen molar-refractivity contribution in [1.29, 1.82) is 0 Å². The number of hydrogen-bond donors (Lipinski definition) is 0. The number of nitrogens with zero attached hydrogens (tertiary/aromatic N) is 2. The van der Waals surface area contributed by atoms with Crippen LogP contribution in [0.4, 0.5) is 17.1 Å². The molecule has 0 bridgehead atoms. The first kappa shape index (κ1) is 46.8. The van der Waals surface area contributed by atoms with Crippen LogP contribution >= 0.6 is 0 Å². The van der Waals surface area contributed by atoms with Crippen LogP contribution in [0.3, 0.4) is 0 Å². The molecule has 2 atom stereocenters. The van der Waals surface area contributed by atoms with Crippen LogP contribution in [-0.2, 0) is 18.3 Å². The standard InChI is InChI=1S/C72H64N2/c1-6-50(52-21-23-53(24-22-52)54-25-27-55(28-26-54)59-31-29-56-30-32-60(56)46-59)45-49(2)51-17-19-57(20-18-51)61-35-43-70-68(47-61)69-48-62(36-44-71(69)74(70)67-41-37-63(38-42-67)72(3,4)5)58-33-39-66(40-34-58)73(64-13-9-7-10-14-64)65-15-11-8-12-16-65/h7-29,31,33-44,46-50H,6,30,32,45H2,1-5H3. The molecule has 0 saturated heterocycles. The smallest absolute Gasteiger partial charge is 0.0541 e. The number of benzene rings is 10. The minimum atomic E-state index is 0.0767. The molecule has 1 heterocycles. The fraction of sp³-hybridized carbons (Fsp3) is 0.167. The second kappa shape index (κ2) is 19.7. The largest absolute Gasteiger partial charge is 0.311 e. The zero-order valence-corrected chi connectivity index (χ0v) is 43.4. The molecule has 0 spiro atoms. The Morgan fingerprint density at radius 3 is 1.31 bits per heavy atom. The first-order valence-electron chi connectivity index (χ1n) is 26.8. The van der Waals surface area contributed by atoms with Crippen molar-refractivity contribution in [1.82, 2.24) is 4.57 Å². The van der Waals surface area contributed by atoms with E-state index in [9.17, 15) is 0 Å². The van der Waals surface area contributed by atoms with Gasteiger partial charge in [0.05, 0.1) is 11.0 Å². The molecule has 1 aromatic heterocycles. The van der Waals surface area contributed by atoms with Crippen LogP contribution in [0.15, 0.2) is 237 Å². The summed E-state index contributed by atoms with van der Waals surface area (Å²) in [6, 6.07) is 88.3. The van der Waals surface area contributed by atoms with Crippen molar-refractivity contribution in [2.75, 3.05) is 4.90 Å².